The molecule has 0 saturated carbocycles. The van der Waals surface area contributed by atoms with Crippen molar-refractivity contribution in [3.05, 3.63) is 34.9 Å². The summed E-state index contributed by atoms with van der Waals surface area (Å²) in [5.74, 6) is 0.579. The summed E-state index contributed by atoms with van der Waals surface area (Å²) in [6.07, 6.45) is 0. The second-order valence-corrected chi connectivity index (χ2v) is 5.89. The van der Waals surface area contributed by atoms with Gasteiger partial charge in [-0.05, 0) is 17.5 Å². The van der Waals surface area contributed by atoms with Crippen LogP contribution >= 0.6 is 11.6 Å². The Morgan fingerprint density at radius 3 is 2.37 bits per heavy atom. The molecule has 0 atom stereocenters. The monoisotopic (exact) mass is 276 g/mol. The van der Waals surface area contributed by atoms with Crippen LogP contribution < -0.4 is 11.5 Å². The first-order valence-corrected chi connectivity index (χ1v) is 6.36. The molecule has 100 valence electrons. The van der Waals surface area contributed by atoms with Crippen LogP contribution in [0.5, 0.6) is 0 Å². The van der Waals surface area contributed by atoms with Gasteiger partial charge in [0, 0.05) is 16.1 Å². The van der Waals surface area contributed by atoms with E-state index in [0.717, 1.165) is 16.8 Å². The SMILES string of the molecule is CC(C)(C)c1c(N)nc(N)nc1-c1cccc(Cl)c1. The molecule has 0 unspecified atom stereocenters. The fourth-order valence-corrected chi connectivity index (χ4v) is 2.27. The molecule has 0 saturated heterocycles. The molecular weight excluding hydrogens is 260 g/mol. The van der Waals surface area contributed by atoms with Crippen molar-refractivity contribution in [2.75, 3.05) is 11.5 Å². The minimum Gasteiger partial charge on any atom is -0.383 e. The van der Waals surface area contributed by atoms with Crippen molar-refractivity contribution in [1.29, 1.82) is 0 Å². The molecule has 2 rings (SSSR count). The molecule has 1 aromatic carbocycles. The van der Waals surface area contributed by atoms with Gasteiger partial charge in [-0.3, -0.25) is 0 Å². The van der Waals surface area contributed by atoms with Crippen LogP contribution in [0.4, 0.5) is 11.8 Å². The lowest BCUT2D eigenvalue weighted by Crippen LogP contribution is -2.18. The van der Waals surface area contributed by atoms with Gasteiger partial charge < -0.3 is 11.5 Å². The maximum absolute atomic E-state index is 6.04. The van der Waals surface area contributed by atoms with Crippen molar-refractivity contribution in [3.63, 3.8) is 0 Å². The summed E-state index contributed by atoms with van der Waals surface area (Å²) in [5, 5.41) is 0.646. The molecule has 0 fully saturated rings. The number of benzene rings is 1. The number of anilines is 2. The summed E-state index contributed by atoms with van der Waals surface area (Å²) in [7, 11) is 0. The highest BCUT2D eigenvalue weighted by atomic mass is 35.5. The average Bonchev–Trinajstić information content (AvgIpc) is 2.25. The average molecular weight is 277 g/mol. The minimum atomic E-state index is -0.185. The second kappa shape index (κ2) is 4.70. The van der Waals surface area contributed by atoms with Gasteiger partial charge in [-0.25, -0.2) is 4.98 Å². The Hall–Kier alpha value is -1.81. The lowest BCUT2D eigenvalue weighted by molar-refractivity contribution is 0.589. The number of halogens is 1. The fourth-order valence-electron chi connectivity index (χ4n) is 2.08. The number of nitrogens with two attached hydrogens (primary N) is 2. The first kappa shape index (κ1) is 13.6. The largest absolute Gasteiger partial charge is 0.383 e. The van der Waals surface area contributed by atoms with Gasteiger partial charge in [-0.2, -0.15) is 4.98 Å². The van der Waals surface area contributed by atoms with E-state index in [9.17, 15) is 0 Å². The molecule has 2 aromatic rings. The van der Waals surface area contributed by atoms with Crippen molar-refractivity contribution in [3.8, 4) is 11.3 Å². The van der Waals surface area contributed by atoms with Gasteiger partial charge in [-0.1, -0.05) is 44.5 Å². The summed E-state index contributed by atoms with van der Waals surface area (Å²) in [5.41, 5.74) is 14.0. The number of nitrogen functional groups attached to an aromatic ring is 2. The number of aromatic nitrogens is 2. The van der Waals surface area contributed by atoms with E-state index in [1.54, 1.807) is 0 Å². The predicted molar refractivity (Wildman–Crippen MR) is 80.0 cm³/mol. The zero-order chi connectivity index (χ0) is 14.2. The summed E-state index contributed by atoms with van der Waals surface area (Å²) in [4.78, 5) is 8.40. The molecule has 0 aliphatic heterocycles. The molecule has 0 radical (unpaired) electrons. The van der Waals surface area contributed by atoms with Gasteiger partial charge in [0.15, 0.2) is 0 Å². The van der Waals surface area contributed by atoms with Gasteiger partial charge >= 0.3 is 0 Å². The third-order valence-electron chi connectivity index (χ3n) is 2.80. The second-order valence-electron chi connectivity index (χ2n) is 5.45. The number of rotatable bonds is 1. The number of hydrogen-bond acceptors (Lipinski definition) is 4. The highest BCUT2D eigenvalue weighted by Gasteiger charge is 2.24. The van der Waals surface area contributed by atoms with Crippen LogP contribution in [0.1, 0.15) is 26.3 Å². The van der Waals surface area contributed by atoms with Crippen molar-refractivity contribution in [1.82, 2.24) is 9.97 Å². The maximum Gasteiger partial charge on any atom is 0.222 e. The van der Waals surface area contributed by atoms with E-state index >= 15 is 0 Å². The van der Waals surface area contributed by atoms with Crippen LogP contribution in [-0.2, 0) is 5.41 Å². The molecule has 5 heteroatoms. The van der Waals surface area contributed by atoms with Crippen LogP contribution in [0.25, 0.3) is 11.3 Å². The van der Waals surface area contributed by atoms with Crippen molar-refractivity contribution < 1.29 is 0 Å². The zero-order valence-corrected chi connectivity index (χ0v) is 12.0. The standard InChI is InChI=1S/C14H17ClN4/c1-14(2,3)10-11(18-13(17)19-12(10)16)8-5-4-6-9(15)7-8/h4-7H,1-3H3,(H4,16,17,18,19). The normalized spacial score (nSPS) is 11.6. The summed E-state index contributed by atoms with van der Waals surface area (Å²) in [6, 6.07) is 7.47. The highest BCUT2D eigenvalue weighted by Crippen LogP contribution is 2.36. The van der Waals surface area contributed by atoms with E-state index in [0.29, 0.717) is 10.8 Å². The Morgan fingerprint density at radius 1 is 1.11 bits per heavy atom. The predicted octanol–water partition coefficient (Wildman–Crippen LogP) is 3.26. The highest BCUT2D eigenvalue weighted by molar-refractivity contribution is 6.30. The molecule has 4 nitrogen and oxygen atoms in total. The summed E-state index contributed by atoms with van der Waals surface area (Å²) in [6.45, 7) is 6.19. The zero-order valence-electron chi connectivity index (χ0n) is 11.2. The van der Waals surface area contributed by atoms with Crippen molar-refractivity contribution in [2.24, 2.45) is 0 Å². The Labute approximate surface area is 117 Å². The molecule has 0 aliphatic rings. The first-order valence-electron chi connectivity index (χ1n) is 5.98. The van der Waals surface area contributed by atoms with Gasteiger partial charge in [-0.15, -0.1) is 0 Å². The molecular formula is C14H17ClN4. The quantitative estimate of drug-likeness (QED) is 0.838. The molecule has 0 amide bonds. The van der Waals surface area contributed by atoms with Gasteiger partial charge in [0.25, 0.3) is 0 Å². The smallest absolute Gasteiger partial charge is 0.222 e. The van der Waals surface area contributed by atoms with E-state index in [-0.39, 0.29) is 11.4 Å². The van der Waals surface area contributed by atoms with Crippen LogP contribution in [0.3, 0.4) is 0 Å². The maximum atomic E-state index is 6.04. The molecule has 1 aromatic heterocycles. The lowest BCUT2D eigenvalue weighted by Gasteiger charge is -2.23. The molecule has 1 heterocycles. The molecule has 0 aliphatic carbocycles. The Balaban J connectivity index is 2.75. The van der Waals surface area contributed by atoms with Crippen molar-refractivity contribution >= 4 is 23.4 Å². The van der Waals surface area contributed by atoms with Crippen LogP contribution in [0, 0.1) is 0 Å². The van der Waals surface area contributed by atoms with Gasteiger partial charge in [0.05, 0.1) is 5.69 Å². The fraction of sp³-hybridized carbons (Fsp3) is 0.286. The van der Waals surface area contributed by atoms with E-state index in [2.05, 4.69) is 30.7 Å². The third kappa shape index (κ3) is 2.79. The third-order valence-corrected chi connectivity index (χ3v) is 3.04. The van der Waals surface area contributed by atoms with E-state index in [4.69, 9.17) is 23.1 Å². The van der Waals surface area contributed by atoms with E-state index in [1.165, 1.54) is 0 Å². The Kier molecular flexibility index (Phi) is 3.37. The lowest BCUT2D eigenvalue weighted by atomic mass is 9.84. The van der Waals surface area contributed by atoms with E-state index in [1.807, 2.05) is 24.3 Å². The van der Waals surface area contributed by atoms with Crippen LogP contribution in [0.15, 0.2) is 24.3 Å². The van der Waals surface area contributed by atoms with Crippen LogP contribution in [0.2, 0.25) is 5.02 Å². The van der Waals surface area contributed by atoms with Gasteiger partial charge in [0.1, 0.15) is 5.82 Å². The summed E-state index contributed by atoms with van der Waals surface area (Å²) >= 11 is 6.04. The number of hydrogen-bond donors (Lipinski definition) is 2. The molecule has 4 N–H and O–H groups in total. The molecule has 19 heavy (non-hydrogen) atoms. The minimum absolute atomic E-state index is 0.167. The molecule has 0 spiro atoms. The molecule has 0 bridgehead atoms. The van der Waals surface area contributed by atoms with Crippen molar-refractivity contribution in [2.45, 2.75) is 26.2 Å². The first-order chi connectivity index (χ1) is 8.79. The topological polar surface area (TPSA) is 77.8 Å². The summed E-state index contributed by atoms with van der Waals surface area (Å²) < 4.78 is 0. The van der Waals surface area contributed by atoms with Crippen LogP contribution in [-0.4, -0.2) is 9.97 Å². The Bertz CT molecular complexity index is 617. The van der Waals surface area contributed by atoms with Gasteiger partial charge in [0.2, 0.25) is 5.95 Å². The van der Waals surface area contributed by atoms with E-state index < -0.39 is 0 Å². The number of nitrogens with zero attached hydrogens (tertiary/aromatic N) is 2. The Morgan fingerprint density at radius 2 is 1.79 bits per heavy atom.